The zero-order valence-electron chi connectivity index (χ0n) is 15.3. The van der Waals surface area contributed by atoms with Crippen molar-refractivity contribution in [1.29, 1.82) is 0 Å². The Morgan fingerprint density at radius 2 is 0.862 bits per heavy atom. The molecular formula is C21H20F6PSb. The minimum atomic E-state index is -9.19. The van der Waals surface area contributed by atoms with Crippen LogP contribution in [0.3, 0.4) is 0 Å². The third-order valence-corrected chi connectivity index (χ3v) is 8.34. The summed E-state index contributed by atoms with van der Waals surface area (Å²) in [6, 6.07) is 32.7. The second kappa shape index (κ2) is 10.3. The van der Waals surface area contributed by atoms with Gasteiger partial charge in [-0.3, -0.25) is 0 Å². The van der Waals surface area contributed by atoms with Crippen LogP contribution in [0.15, 0.2) is 104 Å². The van der Waals surface area contributed by atoms with E-state index in [0.29, 0.717) is 0 Å². The SMILES string of the molecule is C=CC[P+](c1ccccc1)(c1ccccc1)c1ccccc1.[F-].[F][Sb]([F])([F])([F])[F]. The molecular weight excluding hydrogens is 519 g/mol. The average molecular weight is 539 g/mol. The van der Waals surface area contributed by atoms with Gasteiger partial charge in [-0.2, -0.15) is 0 Å². The second-order valence-electron chi connectivity index (χ2n) is 5.93. The van der Waals surface area contributed by atoms with E-state index >= 15 is 0 Å². The number of allylic oxidation sites excluding steroid dienone is 1. The van der Waals surface area contributed by atoms with Gasteiger partial charge in [0, 0.05) is 0 Å². The zero-order valence-corrected chi connectivity index (χ0v) is 18.8. The van der Waals surface area contributed by atoms with Gasteiger partial charge < -0.3 is 4.70 Å². The van der Waals surface area contributed by atoms with Crippen molar-refractivity contribution in [1.82, 2.24) is 0 Å². The van der Waals surface area contributed by atoms with E-state index in [-0.39, 0.29) is 4.70 Å². The molecule has 0 aliphatic heterocycles. The Balaban J connectivity index is 0.000000529. The maximum absolute atomic E-state index is 9.91. The zero-order chi connectivity index (χ0) is 20.7. The van der Waals surface area contributed by atoms with Crippen LogP contribution in [0.2, 0.25) is 0 Å². The maximum atomic E-state index is 9.91. The Bertz CT molecular complexity index is 767. The predicted octanol–water partition coefficient (Wildman–Crippen LogP) is 2.89. The first kappa shape index (κ1) is 25.3. The van der Waals surface area contributed by atoms with Gasteiger partial charge in [-0.1, -0.05) is 67.3 Å². The van der Waals surface area contributed by atoms with Gasteiger partial charge in [0.05, 0.1) is 6.16 Å². The number of halogens is 6. The molecule has 0 bridgehead atoms. The first-order valence-electron chi connectivity index (χ1n) is 8.38. The normalized spacial score (nSPS) is 12.4. The number of hydrogen-bond donors (Lipinski definition) is 0. The van der Waals surface area contributed by atoms with Crippen LogP contribution in [-0.2, 0) is 0 Å². The van der Waals surface area contributed by atoms with Gasteiger partial charge >= 0.3 is 34.4 Å². The van der Waals surface area contributed by atoms with Gasteiger partial charge in [0.15, 0.2) is 0 Å². The molecule has 0 heterocycles. The van der Waals surface area contributed by atoms with Gasteiger partial charge in [0.1, 0.15) is 23.2 Å². The van der Waals surface area contributed by atoms with Crippen LogP contribution in [-0.4, -0.2) is 26.5 Å². The van der Waals surface area contributed by atoms with E-state index in [1.54, 1.807) is 0 Å². The monoisotopic (exact) mass is 538 g/mol. The first-order valence-corrected chi connectivity index (χ1v) is 15.2. The molecule has 0 saturated carbocycles. The predicted molar refractivity (Wildman–Crippen MR) is 112 cm³/mol. The van der Waals surface area contributed by atoms with Crippen molar-refractivity contribution in [2.24, 2.45) is 0 Å². The molecule has 29 heavy (non-hydrogen) atoms. The Labute approximate surface area is 171 Å². The fraction of sp³-hybridized carbons (Fsp3) is 0.0476. The summed E-state index contributed by atoms with van der Waals surface area (Å²) in [5, 5.41) is 4.23. The second-order valence-corrected chi connectivity index (χ2v) is 13.1. The first-order chi connectivity index (χ1) is 13.1. The topological polar surface area (TPSA) is 0 Å². The molecule has 0 amide bonds. The van der Waals surface area contributed by atoms with Crippen LogP contribution in [0.4, 0.5) is 14.1 Å². The molecule has 0 aliphatic rings. The molecule has 0 N–H and O–H groups in total. The Morgan fingerprint density at radius 3 is 1.07 bits per heavy atom. The summed E-state index contributed by atoms with van der Waals surface area (Å²) in [6.07, 6.45) is 3.05. The number of benzene rings is 3. The molecule has 0 atom stereocenters. The molecule has 156 valence electrons. The number of hydrogen-bond acceptors (Lipinski definition) is 0. The van der Waals surface area contributed by atoms with Crippen molar-refractivity contribution >= 4 is 43.5 Å². The van der Waals surface area contributed by atoms with Crippen molar-refractivity contribution in [3.8, 4) is 0 Å². The molecule has 0 aliphatic carbocycles. The van der Waals surface area contributed by atoms with E-state index < -0.39 is 27.6 Å². The standard InChI is InChI=1S/C21H20P.6FH.Sb/c1-2-18-22(19-12-6-3-7-13-19,20-14-8-4-9-15-20)21-16-10-5-11-17-21;;;;;;;/h2-17H,1,18H2;6*1H;/q+1;;;;;;;+5/p-6. The quantitative estimate of drug-likeness (QED) is 0.203. The Hall–Kier alpha value is -1.77. The molecule has 8 heteroatoms. The fourth-order valence-corrected chi connectivity index (χ4v) is 6.96. The van der Waals surface area contributed by atoms with Crippen LogP contribution >= 0.6 is 7.26 Å². The summed E-state index contributed by atoms with van der Waals surface area (Å²) >= 11 is -9.19. The Kier molecular flexibility index (Phi) is 8.99. The van der Waals surface area contributed by atoms with Crippen LogP contribution in [0.1, 0.15) is 0 Å². The van der Waals surface area contributed by atoms with Gasteiger partial charge in [-0.15, -0.1) is 0 Å². The fourth-order valence-electron chi connectivity index (χ4n) is 3.00. The molecule has 0 fully saturated rings. The summed E-state index contributed by atoms with van der Waals surface area (Å²) in [7, 11) is -1.67. The van der Waals surface area contributed by atoms with Gasteiger partial charge in [-0.05, 0) is 36.4 Å². The van der Waals surface area contributed by atoms with E-state index in [1.807, 2.05) is 0 Å². The summed E-state index contributed by atoms with van der Waals surface area (Å²) in [6.45, 7) is 4.05. The average Bonchev–Trinajstić information content (AvgIpc) is 2.66. The van der Waals surface area contributed by atoms with Gasteiger partial charge in [-0.25, -0.2) is 0 Å². The molecule has 0 unspecified atom stereocenters. The van der Waals surface area contributed by atoms with Crippen LogP contribution in [0.5, 0.6) is 0 Å². The molecule has 0 saturated heterocycles. The summed E-state index contributed by atoms with van der Waals surface area (Å²) in [4.78, 5) is 0. The molecule has 0 nitrogen and oxygen atoms in total. The molecule has 0 radical (unpaired) electrons. The van der Waals surface area contributed by atoms with Crippen molar-refractivity contribution in [2.75, 3.05) is 6.16 Å². The van der Waals surface area contributed by atoms with Crippen LogP contribution < -0.4 is 20.6 Å². The van der Waals surface area contributed by atoms with Gasteiger partial charge in [0.25, 0.3) is 0 Å². The number of rotatable bonds is 5. The summed E-state index contributed by atoms with van der Waals surface area (Å²) in [5.74, 6) is 0. The molecule has 0 aromatic heterocycles. The van der Waals surface area contributed by atoms with Crippen molar-refractivity contribution in [3.05, 3.63) is 104 Å². The minimum absolute atomic E-state index is 0. The van der Waals surface area contributed by atoms with Crippen molar-refractivity contribution in [3.63, 3.8) is 0 Å². The Morgan fingerprint density at radius 1 is 0.621 bits per heavy atom. The third kappa shape index (κ3) is 7.87. The third-order valence-electron chi connectivity index (χ3n) is 3.99. The van der Waals surface area contributed by atoms with Crippen LogP contribution in [0, 0.1) is 0 Å². The van der Waals surface area contributed by atoms with E-state index in [0.717, 1.165) is 6.16 Å². The van der Waals surface area contributed by atoms with Crippen molar-refractivity contribution < 1.29 is 18.8 Å². The van der Waals surface area contributed by atoms with E-state index in [9.17, 15) is 14.1 Å². The summed E-state index contributed by atoms with van der Waals surface area (Å²) in [5.41, 5.74) is 0. The van der Waals surface area contributed by atoms with Crippen molar-refractivity contribution in [2.45, 2.75) is 0 Å². The molecule has 3 aromatic rings. The summed E-state index contributed by atoms with van der Waals surface area (Å²) < 4.78 is 49.6. The molecule has 0 spiro atoms. The van der Waals surface area contributed by atoms with Gasteiger partial charge in [0.2, 0.25) is 0 Å². The van der Waals surface area contributed by atoms with E-state index in [4.69, 9.17) is 0 Å². The molecule has 3 rings (SSSR count). The molecule has 3 aromatic carbocycles. The van der Waals surface area contributed by atoms with E-state index in [2.05, 4.69) is 104 Å². The van der Waals surface area contributed by atoms with Crippen LogP contribution in [0.25, 0.3) is 0 Å². The van der Waals surface area contributed by atoms with E-state index in [1.165, 1.54) is 15.9 Å².